The number of ether oxygens (including phenoxy) is 2. The molecular weight excluding hydrogens is 430 g/mol. The van der Waals surface area contributed by atoms with Crippen molar-refractivity contribution in [1.82, 2.24) is 4.90 Å². The molecular formula is C28H29NO5. The summed E-state index contributed by atoms with van der Waals surface area (Å²) in [5.74, 6) is -0.891. The van der Waals surface area contributed by atoms with Crippen molar-refractivity contribution in [2.75, 3.05) is 20.3 Å². The Labute approximate surface area is 199 Å². The Morgan fingerprint density at radius 2 is 1.76 bits per heavy atom. The van der Waals surface area contributed by atoms with Gasteiger partial charge in [-0.1, -0.05) is 48.5 Å². The minimum atomic E-state index is -0.722. The van der Waals surface area contributed by atoms with Crippen LogP contribution in [0.1, 0.15) is 37.4 Å². The number of Topliss-reactive ketones (excluding diaryl/α,β-unsaturated/α-hetero) is 1. The largest absolute Gasteiger partial charge is 0.507 e. The first-order valence-corrected chi connectivity index (χ1v) is 11.4. The third-order valence-electron chi connectivity index (χ3n) is 5.97. The van der Waals surface area contributed by atoms with Crippen LogP contribution in [0.25, 0.3) is 16.5 Å². The minimum Gasteiger partial charge on any atom is -0.507 e. The number of amides is 1. The first-order chi connectivity index (χ1) is 16.4. The summed E-state index contributed by atoms with van der Waals surface area (Å²) in [7, 11) is 1.56. The van der Waals surface area contributed by atoms with E-state index in [1.807, 2.05) is 62.4 Å². The number of methoxy groups -OCH3 is 1. The Bertz CT molecular complexity index is 1250. The first kappa shape index (κ1) is 23.5. The van der Waals surface area contributed by atoms with Crippen molar-refractivity contribution in [3.05, 3.63) is 83.4 Å². The molecule has 1 aliphatic heterocycles. The quantitative estimate of drug-likeness (QED) is 0.220. The highest BCUT2D eigenvalue weighted by atomic mass is 16.5. The summed E-state index contributed by atoms with van der Waals surface area (Å²) in [5.41, 5.74) is 1.27. The molecule has 6 nitrogen and oxygen atoms in total. The maximum atomic E-state index is 13.2. The van der Waals surface area contributed by atoms with Crippen molar-refractivity contribution in [2.24, 2.45) is 0 Å². The molecule has 0 aliphatic carbocycles. The number of aliphatic hydroxyl groups is 1. The summed E-state index contributed by atoms with van der Waals surface area (Å²) in [6, 6.07) is 19.8. The molecule has 0 aromatic heterocycles. The average molecular weight is 460 g/mol. The third kappa shape index (κ3) is 4.68. The third-order valence-corrected chi connectivity index (χ3v) is 5.97. The fraction of sp³-hybridized carbons (Fsp3) is 0.286. The molecule has 1 N–H and O–H groups in total. The van der Waals surface area contributed by atoms with Gasteiger partial charge in [0.15, 0.2) is 0 Å². The molecule has 4 rings (SSSR count). The lowest BCUT2D eigenvalue weighted by Gasteiger charge is -2.25. The Morgan fingerprint density at radius 3 is 2.50 bits per heavy atom. The molecule has 1 amide bonds. The van der Waals surface area contributed by atoms with Crippen LogP contribution >= 0.6 is 0 Å². The standard InChI is InChI=1S/C28H29NO5/c1-18(2)34-15-7-14-29-25(21-10-6-11-23(17-21)33-3)24(27(31)28(29)32)26(30)22-13-12-19-8-4-5-9-20(19)16-22/h4-6,8-13,16-18,25,30H,7,14-15H2,1-3H3/b26-24-. The molecule has 34 heavy (non-hydrogen) atoms. The summed E-state index contributed by atoms with van der Waals surface area (Å²) in [6.07, 6.45) is 0.652. The molecule has 0 saturated carbocycles. The zero-order chi connectivity index (χ0) is 24.2. The fourth-order valence-corrected chi connectivity index (χ4v) is 4.31. The van der Waals surface area contributed by atoms with E-state index in [-0.39, 0.29) is 17.4 Å². The molecule has 0 bridgehead atoms. The summed E-state index contributed by atoms with van der Waals surface area (Å²) in [5, 5.41) is 13.3. The highest BCUT2D eigenvalue weighted by molar-refractivity contribution is 6.46. The molecule has 1 unspecified atom stereocenters. The highest BCUT2D eigenvalue weighted by Crippen LogP contribution is 2.40. The molecule has 0 spiro atoms. The van der Waals surface area contributed by atoms with E-state index in [1.165, 1.54) is 4.90 Å². The zero-order valence-electron chi connectivity index (χ0n) is 19.7. The summed E-state index contributed by atoms with van der Waals surface area (Å²) in [6.45, 7) is 4.70. The van der Waals surface area contributed by atoms with E-state index < -0.39 is 17.7 Å². The highest BCUT2D eigenvalue weighted by Gasteiger charge is 2.45. The lowest BCUT2D eigenvalue weighted by molar-refractivity contribution is -0.140. The van der Waals surface area contributed by atoms with Crippen molar-refractivity contribution in [2.45, 2.75) is 32.4 Å². The second-order valence-corrected chi connectivity index (χ2v) is 8.60. The molecule has 3 aromatic carbocycles. The van der Waals surface area contributed by atoms with Crippen molar-refractivity contribution in [3.8, 4) is 5.75 Å². The number of aliphatic hydroxyl groups excluding tert-OH is 1. The zero-order valence-corrected chi connectivity index (χ0v) is 19.7. The second-order valence-electron chi connectivity index (χ2n) is 8.60. The normalized spacial score (nSPS) is 17.6. The first-order valence-electron chi connectivity index (χ1n) is 11.4. The molecule has 1 aliphatic rings. The van der Waals surface area contributed by atoms with Gasteiger partial charge in [-0.15, -0.1) is 0 Å². The van der Waals surface area contributed by atoms with E-state index in [9.17, 15) is 14.7 Å². The van der Waals surface area contributed by atoms with Crippen LogP contribution in [0.15, 0.2) is 72.3 Å². The number of hydrogen-bond donors (Lipinski definition) is 1. The summed E-state index contributed by atoms with van der Waals surface area (Å²) < 4.78 is 11.0. The maximum absolute atomic E-state index is 13.2. The number of ketones is 1. The molecule has 176 valence electrons. The lowest BCUT2D eigenvalue weighted by Crippen LogP contribution is -2.31. The summed E-state index contributed by atoms with van der Waals surface area (Å²) in [4.78, 5) is 27.8. The van der Waals surface area contributed by atoms with Crippen LogP contribution in [-0.4, -0.2) is 48.1 Å². The van der Waals surface area contributed by atoms with Crippen LogP contribution in [0.2, 0.25) is 0 Å². The van der Waals surface area contributed by atoms with Crippen molar-refractivity contribution >= 4 is 28.2 Å². The van der Waals surface area contributed by atoms with Gasteiger partial charge in [-0.25, -0.2) is 0 Å². The van der Waals surface area contributed by atoms with E-state index in [2.05, 4.69) is 0 Å². The molecule has 3 aromatic rings. The van der Waals surface area contributed by atoms with E-state index in [4.69, 9.17) is 9.47 Å². The fourth-order valence-electron chi connectivity index (χ4n) is 4.31. The number of hydrogen-bond acceptors (Lipinski definition) is 5. The molecule has 0 radical (unpaired) electrons. The van der Waals surface area contributed by atoms with E-state index >= 15 is 0 Å². The maximum Gasteiger partial charge on any atom is 0.295 e. The number of benzene rings is 3. The van der Waals surface area contributed by atoms with Crippen molar-refractivity contribution in [1.29, 1.82) is 0 Å². The number of carbonyl (C=O) groups excluding carboxylic acids is 2. The van der Waals surface area contributed by atoms with Gasteiger partial charge in [-0.3, -0.25) is 9.59 Å². The average Bonchev–Trinajstić information content (AvgIpc) is 3.10. The molecule has 6 heteroatoms. The van der Waals surface area contributed by atoms with E-state index in [0.717, 1.165) is 10.8 Å². The van der Waals surface area contributed by atoms with E-state index in [0.29, 0.717) is 36.4 Å². The van der Waals surface area contributed by atoms with Gasteiger partial charge in [0.1, 0.15) is 11.5 Å². The van der Waals surface area contributed by atoms with Crippen LogP contribution in [0.4, 0.5) is 0 Å². The van der Waals surface area contributed by atoms with Gasteiger partial charge in [-0.2, -0.15) is 0 Å². The van der Waals surface area contributed by atoms with Gasteiger partial charge in [0.25, 0.3) is 11.7 Å². The Kier molecular flexibility index (Phi) is 6.98. The Balaban J connectivity index is 1.79. The molecule has 1 heterocycles. The van der Waals surface area contributed by atoms with Gasteiger partial charge in [0, 0.05) is 18.7 Å². The van der Waals surface area contributed by atoms with Gasteiger partial charge < -0.3 is 19.5 Å². The monoisotopic (exact) mass is 459 g/mol. The SMILES string of the molecule is COc1cccc(C2/C(=C(/O)c3ccc4ccccc4c3)C(=O)C(=O)N2CCCOC(C)C)c1. The number of nitrogens with zero attached hydrogens (tertiary/aromatic N) is 1. The summed E-state index contributed by atoms with van der Waals surface area (Å²) >= 11 is 0. The Morgan fingerprint density at radius 1 is 1.00 bits per heavy atom. The number of carbonyl (C=O) groups is 2. The van der Waals surface area contributed by atoms with E-state index in [1.54, 1.807) is 25.3 Å². The molecule has 1 saturated heterocycles. The lowest BCUT2D eigenvalue weighted by atomic mass is 9.94. The number of likely N-dealkylation sites (tertiary alicyclic amines) is 1. The van der Waals surface area contributed by atoms with Gasteiger partial charge in [-0.05, 0) is 54.8 Å². The number of fused-ring (bicyclic) bond motifs is 1. The van der Waals surface area contributed by atoms with Gasteiger partial charge in [0.2, 0.25) is 0 Å². The predicted octanol–water partition coefficient (Wildman–Crippen LogP) is 5.09. The van der Waals surface area contributed by atoms with Crippen LogP contribution < -0.4 is 4.74 Å². The topological polar surface area (TPSA) is 76.1 Å². The van der Waals surface area contributed by atoms with Crippen LogP contribution in [-0.2, 0) is 14.3 Å². The molecule has 1 fully saturated rings. The smallest absolute Gasteiger partial charge is 0.295 e. The predicted molar refractivity (Wildman–Crippen MR) is 132 cm³/mol. The van der Waals surface area contributed by atoms with Gasteiger partial charge in [0.05, 0.1) is 24.8 Å². The Hall–Kier alpha value is -3.64. The second kappa shape index (κ2) is 10.1. The van der Waals surface area contributed by atoms with Crippen LogP contribution in [0.5, 0.6) is 5.75 Å². The molecule has 1 atom stereocenters. The van der Waals surface area contributed by atoms with Crippen LogP contribution in [0.3, 0.4) is 0 Å². The number of rotatable bonds is 8. The van der Waals surface area contributed by atoms with Crippen molar-refractivity contribution < 1.29 is 24.2 Å². The van der Waals surface area contributed by atoms with Crippen molar-refractivity contribution in [3.63, 3.8) is 0 Å². The van der Waals surface area contributed by atoms with Gasteiger partial charge >= 0.3 is 0 Å². The van der Waals surface area contributed by atoms with Crippen LogP contribution in [0, 0.1) is 0 Å². The minimum absolute atomic E-state index is 0.0810.